The van der Waals surface area contributed by atoms with Crippen LogP contribution in [0.3, 0.4) is 0 Å². The molecule has 2 aromatic rings. The van der Waals surface area contributed by atoms with Gasteiger partial charge in [0, 0.05) is 27.5 Å². The van der Waals surface area contributed by atoms with Crippen molar-refractivity contribution >= 4 is 34.5 Å². The maximum Gasteiger partial charge on any atom is 0.0797 e. The molecule has 0 bridgehead atoms. The molecule has 0 saturated carbocycles. The molecule has 0 amide bonds. The highest BCUT2D eigenvalue weighted by molar-refractivity contribution is 7.09. The fraction of sp³-hybridized carbons (Fsp3) is 0.357. The number of rotatable bonds is 5. The van der Waals surface area contributed by atoms with Gasteiger partial charge in [-0.1, -0.05) is 29.3 Å². The van der Waals surface area contributed by atoms with Crippen molar-refractivity contribution in [3.63, 3.8) is 0 Å². The van der Waals surface area contributed by atoms with Crippen molar-refractivity contribution in [1.82, 2.24) is 10.3 Å². The summed E-state index contributed by atoms with van der Waals surface area (Å²) in [6.45, 7) is 5.06. The van der Waals surface area contributed by atoms with Crippen LogP contribution in [0.15, 0.2) is 23.7 Å². The zero-order chi connectivity index (χ0) is 13.8. The Morgan fingerprint density at radius 3 is 2.79 bits per heavy atom. The highest BCUT2D eigenvalue weighted by atomic mass is 35.5. The first kappa shape index (κ1) is 14.8. The molecule has 19 heavy (non-hydrogen) atoms. The summed E-state index contributed by atoms with van der Waals surface area (Å²) in [4.78, 5) is 5.59. The van der Waals surface area contributed by atoms with Gasteiger partial charge in [-0.2, -0.15) is 0 Å². The minimum Gasteiger partial charge on any atom is -0.310 e. The number of nitrogens with zero attached hydrogens (tertiary/aromatic N) is 1. The minimum atomic E-state index is 0.206. The lowest BCUT2D eigenvalue weighted by Crippen LogP contribution is -2.21. The zero-order valence-electron chi connectivity index (χ0n) is 10.9. The van der Waals surface area contributed by atoms with E-state index in [1.54, 1.807) is 17.4 Å². The van der Waals surface area contributed by atoms with Crippen molar-refractivity contribution in [2.45, 2.75) is 26.3 Å². The van der Waals surface area contributed by atoms with Crippen LogP contribution in [0.5, 0.6) is 0 Å². The Labute approximate surface area is 127 Å². The van der Waals surface area contributed by atoms with Crippen LogP contribution >= 0.6 is 34.5 Å². The summed E-state index contributed by atoms with van der Waals surface area (Å²) in [5.74, 6) is 0. The molecule has 5 heteroatoms. The van der Waals surface area contributed by atoms with Gasteiger partial charge in [0.25, 0.3) is 0 Å². The molecule has 1 unspecified atom stereocenters. The van der Waals surface area contributed by atoms with Crippen LogP contribution in [0.1, 0.15) is 29.1 Å². The average Bonchev–Trinajstić information content (AvgIpc) is 2.75. The van der Waals surface area contributed by atoms with Gasteiger partial charge in [0.15, 0.2) is 0 Å². The molecule has 102 valence electrons. The summed E-state index contributed by atoms with van der Waals surface area (Å²) in [6.07, 6.45) is 0.992. The molecule has 0 saturated heterocycles. The smallest absolute Gasteiger partial charge is 0.0797 e. The molecule has 0 aliphatic carbocycles. The monoisotopic (exact) mass is 314 g/mol. The second-order valence-corrected chi connectivity index (χ2v) is 6.24. The molecule has 0 fully saturated rings. The second-order valence-electron chi connectivity index (χ2n) is 4.45. The number of hydrogen-bond donors (Lipinski definition) is 1. The Morgan fingerprint density at radius 2 is 2.16 bits per heavy atom. The van der Waals surface area contributed by atoms with Gasteiger partial charge in [0.1, 0.15) is 0 Å². The van der Waals surface area contributed by atoms with Crippen molar-refractivity contribution in [1.29, 1.82) is 0 Å². The van der Waals surface area contributed by atoms with E-state index in [1.165, 1.54) is 4.88 Å². The number of halogens is 2. The molecule has 2 nitrogen and oxygen atoms in total. The van der Waals surface area contributed by atoms with E-state index in [0.717, 1.165) is 24.2 Å². The van der Waals surface area contributed by atoms with Gasteiger partial charge >= 0.3 is 0 Å². The third kappa shape index (κ3) is 3.93. The second kappa shape index (κ2) is 6.71. The average molecular weight is 315 g/mol. The Bertz CT molecular complexity index is 554. The molecule has 0 radical (unpaired) electrons. The van der Waals surface area contributed by atoms with Crippen molar-refractivity contribution in [3.05, 3.63) is 49.9 Å². The van der Waals surface area contributed by atoms with Crippen LogP contribution in [0, 0.1) is 6.92 Å². The maximum absolute atomic E-state index is 6.20. The number of benzene rings is 1. The molecule has 1 heterocycles. The van der Waals surface area contributed by atoms with Crippen LogP contribution < -0.4 is 5.32 Å². The summed E-state index contributed by atoms with van der Waals surface area (Å²) in [5, 5.41) is 4.85. The van der Waals surface area contributed by atoms with E-state index in [0.29, 0.717) is 10.0 Å². The largest absolute Gasteiger partial charge is 0.310 e. The van der Waals surface area contributed by atoms with E-state index in [1.807, 2.05) is 24.6 Å². The van der Waals surface area contributed by atoms with Gasteiger partial charge < -0.3 is 5.32 Å². The van der Waals surface area contributed by atoms with Crippen molar-refractivity contribution in [2.24, 2.45) is 0 Å². The van der Waals surface area contributed by atoms with Gasteiger partial charge in [-0.05, 0) is 38.0 Å². The van der Waals surface area contributed by atoms with Crippen molar-refractivity contribution in [3.8, 4) is 0 Å². The molecule has 1 atom stereocenters. The number of aryl methyl sites for hydroxylation is 1. The van der Waals surface area contributed by atoms with E-state index in [-0.39, 0.29) is 6.04 Å². The lowest BCUT2D eigenvalue weighted by Gasteiger charge is -2.15. The Hall–Kier alpha value is -0.610. The predicted octanol–water partition coefficient (Wildman–Crippen LogP) is 4.65. The molecule has 2 rings (SSSR count). The molecule has 0 aliphatic heterocycles. The summed E-state index contributed by atoms with van der Waals surface area (Å²) in [7, 11) is 0. The lowest BCUT2D eigenvalue weighted by molar-refractivity contribution is 0.578. The fourth-order valence-corrected chi connectivity index (χ4v) is 3.28. The lowest BCUT2D eigenvalue weighted by atomic mass is 10.1. The van der Waals surface area contributed by atoms with Crippen molar-refractivity contribution < 1.29 is 0 Å². The summed E-state index contributed by atoms with van der Waals surface area (Å²) < 4.78 is 0. The number of nitrogens with one attached hydrogen (secondary N) is 1. The standard InChI is InChI=1S/C14H16Cl2N2S/c1-9(12-4-3-11(15)7-13(12)16)17-6-5-14-10(2)18-8-19-14/h3-4,7-9,17H,5-6H2,1-2H3. The summed E-state index contributed by atoms with van der Waals surface area (Å²) >= 11 is 13.8. The predicted molar refractivity (Wildman–Crippen MR) is 83.4 cm³/mol. The number of aromatic nitrogens is 1. The Morgan fingerprint density at radius 1 is 1.37 bits per heavy atom. The first-order chi connectivity index (χ1) is 9.08. The Balaban J connectivity index is 1.91. The topological polar surface area (TPSA) is 24.9 Å². The third-order valence-electron chi connectivity index (χ3n) is 3.08. The van der Waals surface area contributed by atoms with E-state index < -0.39 is 0 Å². The van der Waals surface area contributed by atoms with Crippen LogP contribution in [0.25, 0.3) is 0 Å². The minimum absolute atomic E-state index is 0.206. The fourth-order valence-electron chi connectivity index (χ4n) is 1.93. The molecular formula is C14H16Cl2N2S. The highest BCUT2D eigenvalue weighted by Crippen LogP contribution is 2.26. The van der Waals surface area contributed by atoms with Crippen LogP contribution in [-0.2, 0) is 6.42 Å². The van der Waals surface area contributed by atoms with Gasteiger partial charge in [0.2, 0.25) is 0 Å². The van der Waals surface area contributed by atoms with E-state index in [4.69, 9.17) is 23.2 Å². The number of hydrogen-bond acceptors (Lipinski definition) is 3. The third-order valence-corrected chi connectivity index (χ3v) is 4.63. The van der Waals surface area contributed by atoms with Gasteiger partial charge in [0.05, 0.1) is 11.2 Å². The van der Waals surface area contributed by atoms with Crippen LogP contribution in [0.2, 0.25) is 10.0 Å². The molecule has 1 aromatic carbocycles. The molecule has 0 spiro atoms. The Kier molecular flexibility index (Phi) is 5.22. The number of thiazole rings is 1. The SMILES string of the molecule is Cc1ncsc1CCNC(C)c1ccc(Cl)cc1Cl. The first-order valence-corrected chi connectivity index (χ1v) is 7.79. The van der Waals surface area contributed by atoms with Gasteiger partial charge in [-0.15, -0.1) is 11.3 Å². The summed E-state index contributed by atoms with van der Waals surface area (Å²) in [5.41, 5.74) is 4.10. The highest BCUT2D eigenvalue weighted by Gasteiger charge is 2.10. The maximum atomic E-state index is 6.20. The molecule has 1 N–H and O–H groups in total. The van der Waals surface area contributed by atoms with E-state index in [9.17, 15) is 0 Å². The summed E-state index contributed by atoms with van der Waals surface area (Å²) in [6, 6.07) is 5.83. The van der Waals surface area contributed by atoms with Gasteiger partial charge in [-0.25, -0.2) is 4.98 Å². The molecular weight excluding hydrogens is 299 g/mol. The van der Waals surface area contributed by atoms with E-state index >= 15 is 0 Å². The van der Waals surface area contributed by atoms with Gasteiger partial charge in [-0.3, -0.25) is 0 Å². The molecule has 0 aliphatic rings. The van der Waals surface area contributed by atoms with Crippen LogP contribution in [0.4, 0.5) is 0 Å². The van der Waals surface area contributed by atoms with Crippen molar-refractivity contribution in [2.75, 3.05) is 6.54 Å². The van der Waals surface area contributed by atoms with Crippen LogP contribution in [-0.4, -0.2) is 11.5 Å². The zero-order valence-corrected chi connectivity index (χ0v) is 13.2. The normalized spacial score (nSPS) is 12.6. The first-order valence-electron chi connectivity index (χ1n) is 6.15. The quantitative estimate of drug-likeness (QED) is 0.868. The molecule has 1 aromatic heterocycles. The van der Waals surface area contributed by atoms with E-state index in [2.05, 4.69) is 17.2 Å².